The van der Waals surface area contributed by atoms with Crippen molar-refractivity contribution < 1.29 is 14.3 Å². The summed E-state index contributed by atoms with van der Waals surface area (Å²) in [5.41, 5.74) is 1.44. The number of carbonyl (C=O) groups excluding carboxylic acids is 2. The summed E-state index contributed by atoms with van der Waals surface area (Å²) < 4.78 is 5.02. The van der Waals surface area contributed by atoms with Crippen LogP contribution >= 0.6 is 0 Å². The third-order valence-corrected chi connectivity index (χ3v) is 3.30. The number of nitrogens with zero attached hydrogens (tertiary/aromatic N) is 1. The van der Waals surface area contributed by atoms with Gasteiger partial charge in [-0.2, -0.15) is 0 Å². The van der Waals surface area contributed by atoms with E-state index in [2.05, 4.69) is 5.32 Å². The Kier molecular flexibility index (Phi) is 6.72. The largest absolute Gasteiger partial charge is 0.452 e. The van der Waals surface area contributed by atoms with Crippen molar-refractivity contribution in [1.82, 2.24) is 5.32 Å². The maximum Gasteiger partial charge on any atom is 0.338 e. The minimum atomic E-state index is -0.486. The van der Waals surface area contributed by atoms with Gasteiger partial charge in [0, 0.05) is 25.8 Å². The van der Waals surface area contributed by atoms with Crippen LogP contribution in [0.1, 0.15) is 37.0 Å². The third kappa shape index (κ3) is 5.45. The molecule has 5 nitrogen and oxygen atoms in total. The lowest BCUT2D eigenvalue weighted by Crippen LogP contribution is -2.36. The lowest BCUT2D eigenvalue weighted by atomic mass is 10.2. The molecule has 0 saturated heterocycles. The molecule has 1 rings (SSSR count). The lowest BCUT2D eigenvalue weighted by molar-refractivity contribution is -0.125. The molecule has 1 N–H and O–H groups in total. The fourth-order valence-corrected chi connectivity index (χ4v) is 1.87. The molecule has 21 heavy (non-hydrogen) atoms. The molecule has 0 aliphatic carbocycles. The normalized spacial score (nSPS) is 10.3. The fourth-order valence-electron chi connectivity index (χ4n) is 1.87. The monoisotopic (exact) mass is 292 g/mol. The first-order valence-corrected chi connectivity index (χ1v) is 7.21. The predicted molar refractivity (Wildman–Crippen MR) is 83.6 cm³/mol. The van der Waals surface area contributed by atoms with Crippen molar-refractivity contribution in [3.63, 3.8) is 0 Å². The molecule has 0 fully saturated rings. The zero-order valence-corrected chi connectivity index (χ0v) is 13.2. The number of amides is 1. The van der Waals surface area contributed by atoms with Gasteiger partial charge in [0.1, 0.15) is 0 Å². The van der Waals surface area contributed by atoms with Crippen molar-refractivity contribution in [3.8, 4) is 0 Å². The molecule has 0 aromatic heterocycles. The molecular weight excluding hydrogens is 268 g/mol. The van der Waals surface area contributed by atoms with Crippen LogP contribution < -0.4 is 10.2 Å². The molecular formula is C16H24N2O3. The van der Waals surface area contributed by atoms with Gasteiger partial charge in [0.15, 0.2) is 6.61 Å². The Bertz CT molecular complexity index is 465. The van der Waals surface area contributed by atoms with Crippen molar-refractivity contribution in [2.24, 2.45) is 0 Å². The summed E-state index contributed by atoms with van der Waals surface area (Å²) in [4.78, 5) is 25.4. The third-order valence-electron chi connectivity index (χ3n) is 3.30. The number of ether oxygens (including phenoxy) is 1. The molecule has 0 aliphatic heterocycles. The van der Waals surface area contributed by atoms with Crippen LogP contribution in [0.4, 0.5) is 5.69 Å². The molecule has 0 bridgehead atoms. The molecule has 5 heteroatoms. The molecule has 0 aliphatic rings. The standard InChI is InChI=1S/C16H24N2O3/c1-5-13(6-2)17-15(19)11-21-16(20)12-7-9-14(10-8-12)18(3)4/h7-10,13H,5-6,11H2,1-4H3,(H,17,19). The van der Waals surface area contributed by atoms with Crippen molar-refractivity contribution in [2.75, 3.05) is 25.6 Å². The smallest absolute Gasteiger partial charge is 0.338 e. The van der Waals surface area contributed by atoms with E-state index < -0.39 is 5.97 Å². The van der Waals surface area contributed by atoms with Gasteiger partial charge in [0.05, 0.1) is 5.56 Å². The van der Waals surface area contributed by atoms with Crippen LogP contribution in [0.2, 0.25) is 0 Å². The minimum absolute atomic E-state index is 0.135. The van der Waals surface area contributed by atoms with Crippen LogP contribution in [0.15, 0.2) is 24.3 Å². The maximum atomic E-state index is 11.8. The second-order valence-electron chi connectivity index (χ2n) is 5.10. The van der Waals surface area contributed by atoms with Crippen LogP contribution in [0.5, 0.6) is 0 Å². The van der Waals surface area contributed by atoms with Crippen molar-refractivity contribution >= 4 is 17.6 Å². The number of anilines is 1. The molecule has 1 amide bonds. The topological polar surface area (TPSA) is 58.6 Å². The number of hydrogen-bond acceptors (Lipinski definition) is 4. The van der Waals surface area contributed by atoms with E-state index in [-0.39, 0.29) is 18.6 Å². The molecule has 0 atom stereocenters. The zero-order valence-electron chi connectivity index (χ0n) is 13.2. The van der Waals surface area contributed by atoms with Crippen LogP contribution in [0.25, 0.3) is 0 Å². The molecule has 1 aromatic rings. The van der Waals surface area contributed by atoms with Crippen molar-refractivity contribution in [1.29, 1.82) is 0 Å². The summed E-state index contributed by atoms with van der Waals surface area (Å²) in [5.74, 6) is -0.748. The molecule has 116 valence electrons. The highest BCUT2D eigenvalue weighted by Gasteiger charge is 2.12. The quantitative estimate of drug-likeness (QED) is 0.783. The van der Waals surface area contributed by atoms with Crippen LogP contribution in [0, 0.1) is 0 Å². The molecule has 1 aromatic carbocycles. The number of hydrogen-bond donors (Lipinski definition) is 1. The maximum absolute atomic E-state index is 11.8. The number of carbonyl (C=O) groups is 2. The van der Waals surface area contributed by atoms with E-state index in [9.17, 15) is 9.59 Å². The highest BCUT2D eigenvalue weighted by atomic mass is 16.5. The summed E-state index contributed by atoms with van der Waals surface area (Å²) in [6, 6.07) is 7.19. The summed E-state index contributed by atoms with van der Waals surface area (Å²) in [6.07, 6.45) is 1.73. The molecule has 0 saturated carbocycles. The van der Waals surface area contributed by atoms with E-state index in [0.717, 1.165) is 18.5 Å². The Morgan fingerprint density at radius 3 is 2.19 bits per heavy atom. The first-order chi connectivity index (χ1) is 9.97. The Hall–Kier alpha value is -2.04. The van der Waals surface area contributed by atoms with Crippen LogP contribution in [0.3, 0.4) is 0 Å². The second-order valence-corrected chi connectivity index (χ2v) is 5.10. The number of benzene rings is 1. The second kappa shape index (κ2) is 8.29. The zero-order chi connectivity index (χ0) is 15.8. The Morgan fingerprint density at radius 1 is 1.14 bits per heavy atom. The average molecular weight is 292 g/mol. The average Bonchev–Trinajstić information content (AvgIpc) is 2.50. The van der Waals surface area contributed by atoms with Gasteiger partial charge in [-0.3, -0.25) is 4.79 Å². The number of esters is 1. The van der Waals surface area contributed by atoms with Crippen molar-refractivity contribution in [2.45, 2.75) is 32.7 Å². The fraction of sp³-hybridized carbons (Fsp3) is 0.500. The van der Waals surface area contributed by atoms with Crippen LogP contribution in [-0.4, -0.2) is 38.6 Å². The summed E-state index contributed by atoms with van der Waals surface area (Å²) >= 11 is 0. The van der Waals surface area contributed by atoms with Crippen LogP contribution in [-0.2, 0) is 9.53 Å². The van der Waals surface area contributed by atoms with Gasteiger partial charge in [-0.25, -0.2) is 4.79 Å². The Balaban J connectivity index is 2.48. The van der Waals surface area contributed by atoms with E-state index in [0.29, 0.717) is 5.56 Å². The molecule has 0 unspecified atom stereocenters. The van der Waals surface area contributed by atoms with Gasteiger partial charge < -0.3 is 15.0 Å². The lowest BCUT2D eigenvalue weighted by Gasteiger charge is -2.15. The first kappa shape index (κ1) is 17.0. The highest BCUT2D eigenvalue weighted by Crippen LogP contribution is 2.12. The summed E-state index contributed by atoms with van der Waals surface area (Å²) in [6.45, 7) is 3.77. The number of rotatable bonds is 7. The van der Waals surface area contributed by atoms with Gasteiger partial charge >= 0.3 is 5.97 Å². The van der Waals surface area contributed by atoms with Gasteiger partial charge in [0.2, 0.25) is 0 Å². The van der Waals surface area contributed by atoms with E-state index in [1.807, 2.05) is 45.0 Å². The SMILES string of the molecule is CCC(CC)NC(=O)COC(=O)c1ccc(N(C)C)cc1. The molecule has 0 heterocycles. The first-order valence-electron chi connectivity index (χ1n) is 7.21. The van der Waals surface area contributed by atoms with Gasteiger partial charge in [-0.05, 0) is 37.1 Å². The minimum Gasteiger partial charge on any atom is -0.452 e. The Labute approximate surface area is 126 Å². The van der Waals surface area contributed by atoms with Gasteiger partial charge in [0.25, 0.3) is 5.91 Å². The van der Waals surface area contributed by atoms with Gasteiger partial charge in [-0.15, -0.1) is 0 Å². The molecule has 0 radical (unpaired) electrons. The molecule has 0 spiro atoms. The van der Waals surface area contributed by atoms with E-state index in [1.165, 1.54) is 0 Å². The Morgan fingerprint density at radius 2 is 1.71 bits per heavy atom. The summed E-state index contributed by atoms with van der Waals surface area (Å²) in [7, 11) is 3.85. The van der Waals surface area contributed by atoms with E-state index in [4.69, 9.17) is 4.74 Å². The summed E-state index contributed by atoms with van der Waals surface area (Å²) in [5, 5.41) is 2.82. The van der Waals surface area contributed by atoms with E-state index >= 15 is 0 Å². The van der Waals surface area contributed by atoms with Crippen molar-refractivity contribution in [3.05, 3.63) is 29.8 Å². The number of nitrogens with one attached hydrogen (secondary N) is 1. The van der Waals surface area contributed by atoms with Gasteiger partial charge in [-0.1, -0.05) is 13.8 Å². The van der Waals surface area contributed by atoms with E-state index in [1.54, 1.807) is 12.1 Å². The predicted octanol–water partition coefficient (Wildman–Crippen LogP) is 2.21. The highest BCUT2D eigenvalue weighted by molar-refractivity contribution is 5.91.